The van der Waals surface area contributed by atoms with Crippen molar-refractivity contribution in [3.05, 3.63) is 72.1 Å². The van der Waals surface area contributed by atoms with Gasteiger partial charge in [0, 0.05) is 16.1 Å². The largest absolute Gasteiger partial charge is 0.300 e. The van der Waals surface area contributed by atoms with Crippen LogP contribution >= 0.6 is 27.7 Å². The average molecular weight is 446 g/mol. The lowest BCUT2D eigenvalue weighted by Gasteiger charge is -2.04. The second kappa shape index (κ2) is 7.66. The molecule has 1 aliphatic rings. The van der Waals surface area contributed by atoms with E-state index in [-0.39, 0.29) is 11.6 Å². The third-order valence-corrected chi connectivity index (χ3v) is 6.19. The van der Waals surface area contributed by atoms with Crippen molar-refractivity contribution in [3.8, 4) is 0 Å². The average Bonchev–Trinajstić information content (AvgIpc) is 2.93. The molecule has 8 heteroatoms. The van der Waals surface area contributed by atoms with E-state index in [1.54, 1.807) is 25.1 Å². The first kappa shape index (κ1) is 19.3. The molecule has 1 saturated heterocycles. The lowest BCUT2D eigenvalue weighted by atomic mass is 10.1. The summed E-state index contributed by atoms with van der Waals surface area (Å²) in [6.07, 6.45) is 1.63. The summed E-state index contributed by atoms with van der Waals surface area (Å²) in [5.41, 5.74) is 4.08. The highest BCUT2D eigenvalue weighted by atomic mass is 79.9. The molecule has 0 saturated carbocycles. The number of aliphatic imine (C=N–C) groups is 1. The predicted molar refractivity (Wildman–Crippen MR) is 112 cm³/mol. The summed E-state index contributed by atoms with van der Waals surface area (Å²) in [7, 11) is 0. The molecule has 0 aromatic heterocycles. The molecule has 0 spiro atoms. The highest BCUT2D eigenvalue weighted by Crippen LogP contribution is 2.31. The lowest BCUT2D eigenvalue weighted by molar-refractivity contribution is -0.385. The predicted octanol–water partition coefficient (Wildman–Crippen LogP) is 5.17. The zero-order valence-electron chi connectivity index (χ0n) is 14.9. The molecule has 0 aliphatic carbocycles. The number of nitro benzene ring substituents is 1. The SMILES string of the molecule is Cc1ccc(/C=C2\SC(=Nc3cc(C)c(Br)c(C)c3)NC2=O)cc1[N+](=O)[O-]. The van der Waals surface area contributed by atoms with Gasteiger partial charge in [0.2, 0.25) is 0 Å². The Balaban J connectivity index is 1.89. The molecule has 2 aromatic rings. The summed E-state index contributed by atoms with van der Waals surface area (Å²) >= 11 is 4.73. The number of hydrogen-bond donors (Lipinski definition) is 1. The van der Waals surface area contributed by atoms with Crippen LogP contribution in [0.4, 0.5) is 11.4 Å². The molecule has 0 bridgehead atoms. The van der Waals surface area contributed by atoms with E-state index in [1.807, 2.05) is 26.0 Å². The Morgan fingerprint density at radius 1 is 1.15 bits per heavy atom. The van der Waals surface area contributed by atoms with Gasteiger partial charge in [-0.25, -0.2) is 4.99 Å². The van der Waals surface area contributed by atoms with Gasteiger partial charge in [-0.3, -0.25) is 14.9 Å². The van der Waals surface area contributed by atoms with Crippen LogP contribution in [0, 0.1) is 30.9 Å². The fourth-order valence-corrected chi connectivity index (χ4v) is 3.72. The molecule has 27 heavy (non-hydrogen) atoms. The zero-order chi connectivity index (χ0) is 19.7. The van der Waals surface area contributed by atoms with Gasteiger partial charge in [-0.2, -0.15) is 0 Å². The molecular formula is C19H16BrN3O3S. The summed E-state index contributed by atoms with van der Waals surface area (Å²) in [5, 5.41) is 14.3. The number of halogens is 1. The van der Waals surface area contributed by atoms with Crippen LogP contribution in [0.2, 0.25) is 0 Å². The quantitative estimate of drug-likeness (QED) is 0.400. The molecule has 1 heterocycles. The van der Waals surface area contributed by atoms with E-state index < -0.39 is 4.92 Å². The maximum Gasteiger partial charge on any atom is 0.272 e. The summed E-state index contributed by atoms with van der Waals surface area (Å²) < 4.78 is 1.04. The number of nitro groups is 1. The first-order chi connectivity index (χ1) is 12.7. The maximum absolute atomic E-state index is 12.2. The van der Waals surface area contributed by atoms with E-state index in [0.29, 0.717) is 21.2 Å². The van der Waals surface area contributed by atoms with E-state index in [1.165, 1.54) is 17.8 Å². The normalized spacial score (nSPS) is 16.8. The van der Waals surface area contributed by atoms with Crippen molar-refractivity contribution >= 4 is 56.2 Å². The van der Waals surface area contributed by atoms with Crippen molar-refractivity contribution in [2.75, 3.05) is 0 Å². The van der Waals surface area contributed by atoms with Gasteiger partial charge in [0.15, 0.2) is 5.17 Å². The number of carbonyl (C=O) groups excluding carboxylic acids is 1. The van der Waals surface area contributed by atoms with E-state index >= 15 is 0 Å². The minimum Gasteiger partial charge on any atom is -0.300 e. The molecule has 6 nitrogen and oxygen atoms in total. The minimum atomic E-state index is -0.426. The zero-order valence-corrected chi connectivity index (χ0v) is 17.3. The fraction of sp³-hybridized carbons (Fsp3) is 0.158. The molecule has 138 valence electrons. The number of nitrogens with one attached hydrogen (secondary N) is 1. The second-order valence-corrected chi connectivity index (χ2v) is 8.00. The van der Waals surface area contributed by atoms with Crippen molar-refractivity contribution in [1.29, 1.82) is 0 Å². The third-order valence-electron chi connectivity index (χ3n) is 4.03. The van der Waals surface area contributed by atoms with Gasteiger partial charge in [-0.15, -0.1) is 0 Å². The first-order valence-corrected chi connectivity index (χ1v) is 9.67. The number of aryl methyl sites for hydroxylation is 3. The van der Waals surface area contributed by atoms with Crippen LogP contribution < -0.4 is 5.32 Å². The Morgan fingerprint density at radius 2 is 1.81 bits per heavy atom. The van der Waals surface area contributed by atoms with Crippen LogP contribution in [0.15, 0.2) is 44.7 Å². The maximum atomic E-state index is 12.2. The van der Waals surface area contributed by atoms with Crippen molar-refractivity contribution in [2.24, 2.45) is 4.99 Å². The molecule has 1 N–H and O–H groups in total. The number of thioether (sulfide) groups is 1. The number of rotatable bonds is 3. The van der Waals surface area contributed by atoms with Gasteiger partial charge < -0.3 is 5.32 Å². The monoisotopic (exact) mass is 445 g/mol. The fourth-order valence-electron chi connectivity index (χ4n) is 2.65. The van der Waals surface area contributed by atoms with Gasteiger partial charge in [-0.05, 0) is 67.4 Å². The Kier molecular flexibility index (Phi) is 5.48. The Bertz CT molecular complexity index is 1010. The van der Waals surface area contributed by atoms with E-state index in [4.69, 9.17) is 0 Å². The number of amidine groups is 1. The third kappa shape index (κ3) is 4.28. The van der Waals surface area contributed by atoms with Gasteiger partial charge in [0.1, 0.15) is 0 Å². The Morgan fingerprint density at radius 3 is 2.44 bits per heavy atom. The summed E-state index contributed by atoms with van der Waals surface area (Å²) in [4.78, 5) is 27.8. The van der Waals surface area contributed by atoms with Crippen LogP contribution in [0.1, 0.15) is 22.3 Å². The summed E-state index contributed by atoms with van der Waals surface area (Å²) in [5.74, 6) is -0.271. The van der Waals surface area contributed by atoms with Gasteiger partial charge in [0.25, 0.3) is 11.6 Å². The van der Waals surface area contributed by atoms with Crippen molar-refractivity contribution < 1.29 is 9.72 Å². The number of nitrogens with zero attached hydrogens (tertiary/aromatic N) is 2. The molecule has 2 aromatic carbocycles. The molecule has 0 radical (unpaired) electrons. The molecular weight excluding hydrogens is 430 g/mol. The van der Waals surface area contributed by atoms with Gasteiger partial charge in [-0.1, -0.05) is 28.1 Å². The molecule has 0 atom stereocenters. The van der Waals surface area contributed by atoms with Crippen LogP contribution in [-0.4, -0.2) is 16.0 Å². The van der Waals surface area contributed by atoms with Gasteiger partial charge in [0.05, 0.1) is 15.5 Å². The Labute approximate surface area is 169 Å². The Hall–Kier alpha value is -2.45. The molecule has 0 unspecified atom stereocenters. The standard InChI is InChI=1S/C19H16BrN3O3S/c1-10-4-5-13(8-15(10)23(25)26)9-16-18(24)22-19(27-16)21-14-6-11(2)17(20)12(3)7-14/h4-9H,1-3H3,(H,21,22,24)/b16-9-. The molecule has 1 aliphatic heterocycles. The van der Waals surface area contributed by atoms with E-state index in [0.717, 1.165) is 21.3 Å². The topological polar surface area (TPSA) is 84.6 Å². The van der Waals surface area contributed by atoms with Crippen molar-refractivity contribution in [2.45, 2.75) is 20.8 Å². The van der Waals surface area contributed by atoms with Gasteiger partial charge >= 0.3 is 0 Å². The minimum absolute atomic E-state index is 0.0301. The number of hydrogen-bond acceptors (Lipinski definition) is 5. The smallest absolute Gasteiger partial charge is 0.272 e. The van der Waals surface area contributed by atoms with Crippen molar-refractivity contribution in [3.63, 3.8) is 0 Å². The summed E-state index contributed by atoms with van der Waals surface area (Å²) in [6.45, 7) is 5.65. The van der Waals surface area contributed by atoms with Crippen LogP contribution in [0.25, 0.3) is 6.08 Å². The highest BCUT2D eigenvalue weighted by Gasteiger charge is 2.24. The number of benzene rings is 2. The van der Waals surface area contributed by atoms with Crippen molar-refractivity contribution in [1.82, 2.24) is 5.32 Å². The highest BCUT2D eigenvalue weighted by molar-refractivity contribution is 9.10. The first-order valence-electron chi connectivity index (χ1n) is 8.06. The van der Waals surface area contributed by atoms with Crippen LogP contribution in [0.5, 0.6) is 0 Å². The lowest BCUT2D eigenvalue weighted by Crippen LogP contribution is -2.19. The van der Waals surface area contributed by atoms with Crippen LogP contribution in [-0.2, 0) is 4.79 Å². The van der Waals surface area contributed by atoms with E-state index in [2.05, 4.69) is 26.2 Å². The number of amides is 1. The van der Waals surface area contributed by atoms with E-state index in [9.17, 15) is 14.9 Å². The second-order valence-electron chi connectivity index (χ2n) is 6.18. The number of carbonyl (C=O) groups is 1. The molecule has 1 amide bonds. The summed E-state index contributed by atoms with van der Waals surface area (Å²) in [6, 6.07) is 8.75. The molecule has 1 fully saturated rings. The van der Waals surface area contributed by atoms with Crippen LogP contribution in [0.3, 0.4) is 0 Å². The molecule has 3 rings (SSSR count).